The zero-order valence-corrected chi connectivity index (χ0v) is 9.46. The van der Waals surface area contributed by atoms with Crippen LogP contribution in [0.3, 0.4) is 0 Å². The van der Waals surface area contributed by atoms with Gasteiger partial charge in [0.05, 0.1) is 13.2 Å². The molecule has 3 nitrogen and oxygen atoms in total. The second-order valence-electron chi connectivity index (χ2n) is 3.70. The summed E-state index contributed by atoms with van der Waals surface area (Å²) >= 11 is 5.82. The number of aryl methyl sites for hydroxylation is 1. The minimum atomic E-state index is 0.246. The van der Waals surface area contributed by atoms with Crippen molar-refractivity contribution in [2.75, 3.05) is 13.2 Å². The molecule has 0 radical (unpaired) electrons. The van der Waals surface area contributed by atoms with Crippen molar-refractivity contribution >= 4 is 11.6 Å². The van der Waals surface area contributed by atoms with Gasteiger partial charge in [-0.15, -0.1) is 0 Å². The molecule has 2 rings (SSSR count). The van der Waals surface area contributed by atoms with E-state index < -0.39 is 0 Å². The first-order valence-corrected chi connectivity index (χ1v) is 5.50. The van der Waals surface area contributed by atoms with E-state index in [1.165, 1.54) is 0 Å². The Morgan fingerprint density at radius 1 is 1.47 bits per heavy atom. The Morgan fingerprint density at radius 3 is 2.93 bits per heavy atom. The summed E-state index contributed by atoms with van der Waals surface area (Å²) in [5.41, 5.74) is 1.02. The molecule has 0 N–H and O–H groups in total. The summed E-state index contributed by atoms with van der Waals surface area (Å²) in [6, 6.07) is 1.77. The number of hydrogen-bond acceptors (Lipinski definition) is 3. The highest BCUT2D eigenvalue weighted by molar-refractivity contribution is 6.29. The number of hydrogen-bond donors (Lipinski definition) is 0. The fraction of sp³-hybridized carbons (Fsp3) is 0.545. The number of rotatable bonds is 2. The van der Waals surface area contributed by atoms with Crippen LogP contribution in [0, 0.1) is 6.92 Å². The Balaban J connectivity index is 2.05. The zero-order valence-electron chi connectivity index (χ0n) is 8.70. The van der Waals surface area contributed by atoms with Gasteiger partial charge in [0, 0.05) is 30.7 Å². The standard InChI is InChI=1S/C11H14ClNO2/c1-8-7-13-11(12)6-10(8)15-9-2-4-14-5-3-9/h6-7,9H,2-5H2,1H3. The molecular formula is C11H14ClNO2. The van der Waals surface area contributed by atoms with Crippen molar-refractivity contribution in [2.24, 2.45) is 0 Å². The molecular weight excluding hydrogens is 214 g/mol. The summed E-state index contributed by atoms with van der Waals surface area (Å²) in [7, 11) is 0. The largest absolute Gasteiger partial charge is 0.490 e. The van der Waals surface area contributed by atoms with Crippen LogP contribution in [0.2, 0.25) is 5.15 Å². The van der Waals surface area contributed by atoms with Crippen LogP contribution in [-0.2, 0) is 4.74 Å². The van der Waals surface area contributed by atoms with Crippen LogP contribution in [0.25, 0.3) is 0 Å². The van der Waals surface area contributed by atoms with Crippen LogP contribution in [0.5, 0.6) is 5.75 Å². The molecule has 0 aliphatic carbocycles. The molecule has 15 heavy (non-hydrogen) atoms. The predicted molar refractivity (Wildman–Crippen MR) is 58.5 cm³/mol. The van der Waals surface area contributed by atoms with Gasteiger partial charge >= 0.3 is 0 Å². The minimum absolute atomic E-state index is 0.246. The van der Waals surface area contributed by atoms with Gasteiger partial charge < -0.3 is 9.47 Å². The van der Waals surface area contributed by atoms with Crippen molar-refractivity contribution in [3.8, 4) is 5.75 Å². The minimum Gasteiger partial charge on any atom is -0.490 e. The topological polar surface area (TPSA) is 31.4 Å². The zero-order chi connectivity index (χ0) is 10.7. The summed E-state index contributed by atoms with van der Waals surface area (Å²) in [5, 5.41) is 0.475. The lowest BCUT2D eigenvalue weighted by Gasteiger charge is -2.24. The van der Waals surface area contributed by atoms with Gasteiger partial charge in [0.1, 0.15) is 17.0 Å². The lowest BCUT2D eigenvalue weighted by Crippen LogP contribution is -2.26. The van der Waals surface area contributed by atoms with Crippen LogP contribution >= 0.6 is 11.6 Å². The molecule has 0 amide bonds. The van der Waals surface area contributed by atoms with Crippen LogP contribution < -0.4 is 4.74 Å². The van der Waals surface area contributed by atoms with Crippen molar-refractivity contribution in [2.45, 2.75) is 25.9 Å². The van der Waals surface area contributed by atoms with Gasteiger partial charge in [-0.1, -0.05) is 11.6 Å². The van der Waals surface area contributed by atoms with E-state index in [1.807, 2.05) is 6.92 Å². The molecule has 2 heterocycles. The van der Waals surface area contributed by atoms with Crippen LogP contribution in [0.1, 0.15) is 18.4 Å². The highest BCUT2D eigenvalue weighted by Crippen LogP contribution is 2.23. The average molecular weight is 228 g/mol. The van der Waals surface area contributed by atoms with E-state index in [2.05, 4.69) is 4.98 Å². The second-order valence-corrected chi connectivity index (χ2v) is 4.09. The fourth-order valence-electron chi connectivity index (χ4n) is 1.58. The van der Waals surface area contributed by atoms with E-state index in [9.17, 15) is 0 Å². The van der Waals surface area contributed by atoms with Crippen molar-refractivity contribution in [1.29, 1.82) is 0 Å². The van der Waals surface area contributed by atoms with Gasteiger partial charge in [-0.05, 0) is 6.92 Å². The molecule has 0 unspecified atom stereocenters. The molecule has 82 valence electrons. The molecule has 0 atom stereocenters. The maximum Gasteiger partial charge on any atom is 0.132 e. The van der Waals surface area contributed by atoms with Gasteiger partial charge in [0.2, 0.25) is 0 Å². The Bertz CT molecular complexity index is 337. The van der Waals surface area contributed by atoms with Gasteiger partial charge in [-0.25, -0.2) is 4.98 Å². The third-order valence-electron chi connectivity index (χ3n) is 2.48. The first-order chi connectivity index (χ1) is 7.25. The molecule has 1 saturated heterocycles. The quantitative estimate of drug-likeness (QED) is 0.728. The number of halogens is 1. The normalized spacial score (nSPS) is 17.7. The Hall–Kier alpha value is -0.800. The molecule has 0 saturated carbocycles. The van der Waals surface area contributed by atoms with E-state index in [-0.39, 0.29) is 6.10 Å². The average Bonchev–Trinajstić information content (AvgIpc) is 2.25. The van der Waals surface area contributed by atoms with Crippen molar-refractivity contribution in [3.63, 3.8) is 0 Å². The van der Waals surface area contributed by atoms with Gasteiger partial charge in [0.15, 0.2) is 0 Å². The first kappa shape index (κ1) is 10.7. The number of nitrogens with zero attached hydrogens (tertiary/aromatic N) is 1. The molecule has 0 bridgehead atoms. The molecule has 1 aliphatic rings. The van der Waals surface area contributed by atoms with E-state index >= 15 is 0 Å². The summed E-state index contributed by atoms with van der Waals surface area (Å²) in [6.45, 7) is 3.53. The van der Waals surface area contributed by atoms with Crippen molar-refractivity contribution in [3.05, 3.63) is 23.0 Å². The van der Waals surface area contributed by atoms with Crippen molar-refractivity contribution in [1.82, 2.24) is 4.98 Å². The van der Waals surface area contributed by atoms with Crippen molar-refractivity contribution < 1.29 is 9.47 Å². The van der Waals surface area contributed by atoms with Gasteiger partial charge in [-0.2, -0.15) is 0 Å². The summed E-state index contributed by atoms with van der Waals surface area (Å²) in [5.74, 6) is 0.835. The van der Waals surface area contributed by atoms with Crippen LogP contribution in [0.15, 0.2) is 12.3 Å². The molecule has 4 heteroatoms. The highest BCUT2D eigenvalue weighted by atomic mass is 35.5. The van der Waals surface area contributed by atoms with Gasteiger partial charge in [-0.3, -0.25) is 0 Å². The third kappa shape index (κ3) is 2.83. The molecule has 1 aromatic heterocycles. The summed E-state index contributed by atoms with van der Waals surface area (Å²) < 4.78 is 11.1. The van der Waals surface area contributed by atoms with Crippen LogP contribution in [-0.4, -0.2) is 24.3 Å². The summed E-state index contributed by atoms with van der Waals surface area (Å²) in [6.07, 6.45) is 3.87. The lowest BCUT2D eigenvalue weighted by molar-refractivity contribution is 0.0252. The summed E-state index contributed by atoms with van der Waals surface area (Å²) in [4.78, 5) is 3.99. The number of ether oxygens (including phenoxy) is 2. The molecule has 1 fully saturated rings. The molecule has 1 aromatic rings. The maximum atomic E-state index is 5.86. The molecule has 0 spiro atoms. The highest BCUT2D eigenvalue weighted by Gasteiger charge is 2.16. The van der Waals surface area contributed by atoms with Crippen LogP contribution in [0.4, 0.5) is 0 Å². The number of aromatic nitrogens is 1. The Labute approximate surface area is 94.4 Å². The molecule has 0 aromatic carbocycles. The van der Waals surface area contributed by atoms with E-state index in [0.717, 1.165) is 37.4 Å². The maximum absolute atomic E-state index is 5.86. The Kier molecular flexibility index (Phi) is 3.44. The SMILES string of the molecule is Cc1cnc(Cl)cc1OC1CCOCC1. The third-order valence-corrected chi connectivity index (χ3v) is 2.69. The van der Waals surface area contributed by atoms with Gasteiger partial charge in [0.25, 0.3) is 0 Å². The lowest BCUT2D eigenvalue weighted by atomic mass is 10.1. The van der Waals surface area contributed by atoms with E-state index in [0.29, 0.717) is 5.15 Å². The Morgan fingerprint density at radius 2 is 2.20 bits per heavy atom. The van der Waals surface area contributed by atoms with E-state index in [4.69, 9.17) is 21.1 Å². The molecule has 1 aliphatic heterocycles. The second kappa shape index (κ2) is 4.81. The first-order valence-electron chi connectivity index (χ1n) is 5.12. The smallest absolute Gasteiger partial charge is 0.132 e. The monoisotopic (exact) mass is 227 g/mol. The fourth-order valence-corrected chi connectivity index (χ4v) is 1.73. The number of pyridine rings is 1. The van der Waals surface area contributed by atoms with E-state index in [1.54, 1.807) is 12.3 Å². The predicted octanol–water partition coefficient (Wildman–Crippen LogP) is 2.60.